The second-order valence-corrected chi connectivity index (χ2v) is 5.64. The van der Waals surface area contributed by atoms with Gasteiger partial charge in [-0.2, -0.15) is 0 Å². The fourth-order valence-electron chi connectivity index (χ4n) is 2.52. The molecule has 0 atom stereocenters. The largest absolute Gasteiger partial charge is 0.326 e. The molecule has 1 heterocycles. The second-order valence-electron chi connectivity index (χ2n) is 5.21. The summed E-state index contributed by atoms with van der Waals surface area (Å²) in [7, 11) is 0. The number of halogens is 1. The van der Waals surface area contributed by atoms with Gasteiger partial charge in [0.25, 0.3) is 0 Å². The number of rotatable bonds is 2. The highest BCUT2D eigenvalue weighted by Crippen LogP contribution is 2.26. The summed E-state index contributed by atoms with van der Waals surface area (Å²) in [6.07, 6.45) is 1.12. The summed E-state index contributed by atoms with van der Waals surface area (Å²) < 4.78 is 0. The molecule has 0 unspecified atom stereocenters. The lowest BCUT2D eigenvalue weighted by Crippen LogP contribution is -2.19. The third-order valence-electron chi connectivity index (χ3n) is 3.71. The fraction of sp³-hybridized carbons (Fsp3) is 0.176. The maximum absolute atomic E-state index is 12.6. The SMILES string of the molecule is Cc1ccc(Cl)cc1C(=O)c1ccc2c(c1)CCC(=O)N2. The Bertz CT molecular complexity index is 752. The van der Waals surface area contributed by atoms with E-state index < -0.39 is 0 Å². The van der Waals surface area contributed by atoms with Gasteiger partial charge in [0.05, 0.1) is 0 Å². The van der Waals surface area contributed by atoms with Crippen molar-refractivity contribution >= 4 is 29.0 Å². The molecule has 0 bridgehead atoms. The van der Waals surface area contributed by atoms with E-state index in [1.807, 2.05) is 19.1 Å². The molecule has 1 amide bonds. The van der Waals surface area contributed by atoms with Crippen LogP contribution in [-0.4, -0.2) is 11.7 Å². The second kappa shape index (κ2) is 5.34. The van der Waals surface area contributed by atoms with Crippen molar-refractivity contribution in [2.24, 2.45) is 0 Å². The van der Waals surface area contributed by atoms with E-state index in [4.69, 9.17) is 11.6 Å². The summed E-state index contributed by atoms with van der Waals surface area (Å²) in [5.41, 5.74) is 3.93. The number of hydrogen-bond acceptors (Lipinski definition) is 2. The van der Waals surface area contributed by atoms with Crippen molar-refractivity contribution in [1.29, 1.82) is 0 Å². The fourth-order valence-corrected chi connectivity index (χ4v) is 2.69. The van der Waals surface area contributed by atoms with Gasteiger partial charge < -0.3 is 5.32 Å². The van der Waals surface area contributed by atoms with Crippen LogP contribution in [0, 0.1) is 6.92 Å². The molecule has 21 heavy (non-hydrogen) atoms. The number of carbonyl (C=O) groups excluding carboxylic acids is 2. The molecule has 4 heteroatoms. The van der Waals surface area contributed by atoms with E-state index in [1.165, 1.54) is 0 Å². The van der Waals surface area contributed by atoms with Crippen LogP contribution in [0.1, 0.15) is 33.5 Å². The predicted octanol–water partition coefficient (Wildman–Crippen LogP) is 3.76. The van der Waals surface area contributed by atoms with Crippen molar-refractivity contribution in [3.63, 3.8) is 0 Å². The monoisotopic (exact) mass is 299 g/mol. The van der Waals surface area contributed by atoms with E-state index >= 15 is 0 Å². The number of anilines is 1. The Labute approximate surface area is 127 Å². The Kier molecular flexibility index (Phi) is 3.52. The van der Waals surface area contributed by atoms with Crippen LogP contribution in [0.25, 0.3) is 0 Å². The van der Waals surface area contributed by atoms with E-state index in [0.717, 1.165) is 16.8 Å². The first-order chi connectivity index (χ1) is 10.0. The normalized spacial score (nSPS) is 13.5. The van der Waals surface area contributed by atoms with Gasteiger partial charge in [0.2, 0.25) is 5.91 Å². The summed E-state index contributed by atoms with van der Waals surface area (Å²) >= 11 is 5.98. The van der Waals surface area contributed by atoms with E-state index in [2.05, 4.69) is 5.32 Å². The number of ketones is 1. The van der Waals surface area contributed by atoms with Crippen molar-refractivity contribution in [3.05, 3.63) is 63.7 Å². The Hall–Kier alpha value is -2.13. The highest BCUT2D eigenvalue weighted by atomic mass is 35.5. The van der Waals surface area contributed by atoms with Crippen molar-refractivity contribution in [2.75, 3.05) is 5.32 Å². The molecule has 106 valence electrons. The van der Waals surface area contributed by atoms with Crippen LogP contribution in [0.5, 0.6) is 0 Å². The van der Waals surface area contributed by atoms with Gasteiger partial charge in [0, 0.05) is 28.3 Å². The summed E-state index contributed by atoms with van der Waals surface area (Å²) in [4.78, 5) is 24.0. The molecular weight excluding hydrogens is 286 g/mol. The molecule has 1 N–H and O–H groups in total. The topological polar surface area (TPSA) is 46.2 Å². The maximum atomic E-state index is 12.6. The lowest BCUT2D eigenvalue weighted by molar-refractivity contribution is -0.116. The Balaban J connectivity index is 1.99. The average Bonchev–Trinajstić information content (AvgIpc) is 2.48. The predicted molar refractivity (Wildman–Crippen MR) is 83.0 cm³/mol. The molecule has 0 aliphatic carbocycles. The molecule has 0 aromatic heterocycles. The van der Waals surface area contributed by atoms with Gasteiger partial charge in [-0.3, -0.25) is 9.59 Å². The minimum absolute atomic E-state index is 0.0206. The van der Waals surface area contributed by atoms with Crippen molar-refractivity contribution in [1.82, 2.24) is 0 Å². The third-order valence-corrected chi connectivity index (χ3v) is 3.94. The van der Waals surface area contributed by atoms with Crippen LogP contribution in [0.15, 0.2) is 36.4 Å². The minimum Gasteiger partial charge on any atom is -0.326 e. The molecule has 0 spiro atoms. The van der Waals surface area contributed by atoms with Crippen LogP contribution in [0.4, 0.5) is 5.69 Å². The molecule has 1 aliphatic rings. The molecular formula is C17H14ClNO2. The van der Waals surface area contributed by atoms with Gasteiger partial charge in [-0.05, 0) is 54.8 Å². The molecule has 2 aromatic rings. The number of amides is 1. The number of carbonyl (C=O) groups is 2. The maximum Gasteiger partial charge on any atom is 0.224 e. The van der Waals surface area contributed by atoms with E-state index in [-0.39, 0.29) is 11.7 Å². The molecule has 0 fully saturated rings. The molecule has 0 saturated heterocycles. The molecule has 3 rings (SSSR count). The number of hydrogen-bond donors (Lipinski definition) is 1. The Morgan fingerprint density at radius 3 is 2.76 bits per heavy atom. The lowest BCUT2D eigenvalue weighted by atomic mass is 9.95. The molecule has 2 aromatic carbocycles. The van der Waals surface area contributed by atoms with Crippen LogP contribution in [-0.2, 0) is 11.2 Å². The average molecular weight is 300 g/mol. The van der Waals surface area contributed by atoms with Gasteiger partial charge in [-0.25, -0.2) is 0 Å². The smallest absolute Gasteiger partial charge is 0.224 e. The zero-order valence-electron chi connectivity index (χ0n) is 11.6. The van der Waals surface area contributed by atoms with Crippen LogP contribution in [0.3, 0.4) is 0 Å². The Morgan fingerprint density at radius 1 is 1.14 bits per heavy atom. The van der Waals surface area contributed by atoms with Crippen molar-refractivity contribution in [3.8, 4) is 0 Å². The molecule has 1 aliphatic heterocycles. The van der Waals surface area contributed by atoms with Gasteiger partial charge >= 0.3 is 0 Å². The van der Waals surface area contributed by atoms with Crippen LogP contribution >= 0.6 is 11.6 Å². The van der Waals surface area contributed by atoms with Crippen molar-refractivity contribution < 1.29 is 9.59 Å². The summed E-state index contributed by atoms with van der Waals surface area (Å²) in [5, 5.41) is 3.37. The first-order valence-electron chi connectivity index (χ1n) is 6.78. The number of aryl methyl sites for hydroxylation is 2. The van der Waals surface area contributed by atoms with E-state index in [1.54, 1.807) is 24.3 Å². The summed E-state index contributed by atoms with van der Waals surface area (Å²) in [6, 6.07) is 10.7. The van der Waals surface area contributed by atoms with E-state index in [9.17, 15) is 9.59 Å². The van der Waals surface area contributed by atoms with Crippen molar-refractivity contribution in [2.45, 2.75) is 19.8 Å². The third kappa shape index (κ3) is 2.69. The first kappa shape index (κ1) is 13.8. The number of benzene rings is 2. The van der Waals surface area contributed by atoms with Gasteiger partial charge in [0.15, 0.2) is 5.78 Å². The standard InChI is InChI=1S/C17H14ClNO2/c1-10-2-5-13(18)9-14(10)17(21)12-3-6-15-11(8-12)4-7-16(20)19-15/h2-3,5-6,8-9H,4,7H2,1H3,(H,19,20). The summed E-state index contributed by atoms with van der Waals surface area (Å²) in [5.74, 6) is -0.0260. The zero-order chi connectivity index (χ0) is 15.0. The summed E-state index contributed by atoms with van der Waals surface area (Å²) in [6.45, 7) is 1.89. The minimum atomic E-state index is -0.0466. The van der Waals surface area contributed by atoms with Crippen LogP contribution < -0.4 is 5.32 Å². The highest BCUT2D eigenvalue weighted by Gasteiger charge is 2.18. The van der Waals surface area contributed by atoms with Gasteiger partial charge in [-0.1, -0.05) is 17.7 Å². The molecule has 0 saturated carbocycles. The number of nitrogens with one attached hydrogen (secondary N) is 1. The quantitative estimate of drug-likeness (QED) is 0.858. The van der Waals surface area contributed by atoms with Gasteiger partial charge in [-0.15, -0.1) is 0 Å². The molecule has 3 nitrogen and oxygen atoms in total. The van der Waals surface area contributed by atoms with Crippen LogP contribution in [0.2, 0.25) is 5.02 Å². The number of fused-ring (bicyclic) bond motifs is 1. The van der Waals surface area contributed by atoms with Gasteiger partial charge in [0.1, 0.15) is 0 Å². The van der Waals surface area contributed by atoms with E-state index in [0.29, 0.717) is 29.0 Å². The highest BCUT2D eigenvalue weighted by molar-refractivity contribution is 6.31. The zero-order valence-corrected chi connectivity index (χ0v) is 12.3. The lowest BCUT2D eigenvalue weighted by Gasteiger charge is -2.17. The first-order valence-corrected chi connectivity index (χ1v) is 7.16. The molecule has 0 radical (unpaired) electrons. The Morgan fingerprint density at radius 2 is 1.95 bits per heavy atom.